The van der Waals surface area contributed by atoms with E-state index in [0.29, 0.717) is 17.3 Å². The van der Waals surface area contributed by atoms with Crippen molar-refractivity contribution in [2.75, 3.05) is 6.54 Å². The molecule has 6 heteroatoms. The predicted molar refractivity (Wildman–Crippen MR) is 85.3 cm³/mol. The summed E-state index contributed by atoms with van der Waals surface area (Å²) < 4.78 is 27.5. The van der Waals surface area contributed by atoms with E-state index in [4.69, 9.17) is 5.73 Å². The zero-order valence-electron chi connectivity index (χ0n) is 12.6. The third kappa shape index (κ3) is 5.52. The highest BCUT2D eigenvalue weighted by atomic mass is 32.2. The summed E-state index contributed by atoms with van der Waals surface area (Å²) in [6.45, 7) is 7.21. The highest BCUT2D eigenvalue weighted by Gasteiger charge is 2.23. The summed E-state index contributed by atoms with van der Waals surface area (Å²) in [6.07, 6.45) is 4.54. The first-order valence-corrected chi connectivity index (χ1v) is 9.44. The molecular weight excluding hydrogens is 292 g/mol. The van der Waals surface area contributed by atoms with Crippen LogP contribution in [-0.4, -0.2) is 15.0 Å². The van der Waals surface area contributed by atoms with Gasteiger partial charge in [-0.1, -0.05) is 40.0 Å². The first-order chi connectivity index (χ1) is 9.30. The Morgan fingerprint density at radius 3 is 2.60 bits per heavy atom. The van der Waals surface area contributed by atoms with Crippen LogP contribution in [0.25, 0.3) is 0 Å². The molecule has 1 aromatic heterocycles. The topological polar surface area (TPSA) is 72.2 Å². The molecule has 0 amide bonds. The molecule has 0 unspecified atom stereocenters. The van der Waals surface area contributed by atoms with Crippen LogP contribution in [0.4, 0.5) is 0 Å². The minimum Gasteiger partial charge on any atom is -0.326 e. The number of sulfonamides is 1. The number of nitrogens with one attached hydrogen (secondary N) is 1. The molecule has 0 aliphatic carbocycles. The summed E-state index contributed by atoms with van der Waals surface area (Å²) in [5, 5.41) is 1.79. The Labute approximate surface area is 126 Å². The van der Waals surface area contributed by atoms with Gasteiger partial charge in [0.2, 0.25) is 10.0 Å². The molecule has 3 N–H and O–H groups in total. The maximum Gasteiger partial charge on any atom is 0.250 e. The van der Waals surface area contributed by atoms with E-state index in [1.54, 1.807) is 11.4 Å². The van der Waals surface area contributed by atoms with E-state index in [1.807, 2.05) is 0 Å². The van der Waals surface area contributed by atoms with Crippen LogP contribution in [0.1, 0.15) is 52.0 Å². The van der Waals surface area contributed by atoms with Crippen molar-refractivity contribution in [3.63, 3.8) is 0 Å². The second-order valence-corrected chi connectivity index (χ2v) is 8.83. The van der Waals surface area contributed by atoms with Crippen molar-refractivity contribution < 1.29 is 8.42 Å². The number of hydrogen-bond donors (Lipinski definition) is 2. The lowest BCUT2D eigenvalue weighted by Crippen LogP contribution is -2.33. The summed E-state index contributed by atoms with van der Waals surface area (Å²) in [5.41, 5.74) is 6.35. The largest absolute Gasteiger partial charge is 0.326 e. The summed E-state index contributed by atoms with van der Waals surface area (Å²) >= 11 is 1.22. The summed E-state index contributed by atoms with van der Waals surface area (Å²) in [5.74, 6) is 0. The number of nitrogens with two attached hydrogens (primary N) is 1. The fourth-order valence-electron chi connectivity index (χ4n) is 1.90. The molecule has 116 valence electrons. The van der Waals surface area contributed by atoms with Crippen LogP contribution in [0.2, 0.25) is 0 Å². The molecule has 1 rings (SSSR count). The van der Waals surface area contributed by atoms with Crippen LogP contribution in [0.15, 0.2) is 15.7 Å². The van der Waals surface area contributed by atoms with Crippen molar-refractivity contribution >= 4 is 21.4 Å². The van der Waals surface area contributed by atoms with E-state index in [1.165, 1.54) is 24.2 Å². The number of hydrogen-bond acceptors (Lipinski definition) is 4. The van der Waals surface area contributed by atoms with Gasteiger partial charge in [-0.05, 0) is 28.8 Å². The molecule has 1 aromatic rings. The van der Waals surface area contributed by atoms with E-state index in [0.717, 1.165) is 18.4 Å². The van der Waals surface area contributed by atoms with Crippen LogP contribution < -0.4 is 10.5 Å². The first kappa shape index (κ1) is 17.6. The zero-order chi connectivity index (χ0) is 15.2. The lowest BCUT2D eigenvalue weighted by Gasteiger charge is -2.24. The molecule has 0 spiro atoms. The van der Waals surface area contributed by atoms with Gasteiger partial charge in [-0.2, -0.15) is 0 Å². The maximum atomic E-state index is 12.2. The van der Waals surface area contributed by atoms with Crippen LogP contribution >= 0.6 is 11.3 Å². The zero-order valence-corrected chi connectivity index (χ0v) is 14.2. The van der Waals surface area contributed by atoms with Gasteiger partial charge < -0.3 is 5.73 Å². The predicted octanol–water partition coefficient (Wildman–Crippen LogP) is 3.09. The number of thiophene rings is 1. The Bertz CT molecular complexity index is 507. The quantitative estimate of drug-likeness (QED) is 0.687. The van der Waals surface area contributed by atoms with Gasteiger partial charge in [0.1, 0.15) is 4.21 Å². The van der Waals surface area contributed by atoms with Crippen LogP contribution in [0.5, 0.6) is 0 Å². The smallest absolute Gasteiger partial charge is 0.250 e. The van der Waals surface area contributed by atoms with Crippen LogP contribution in [0.3, 0.4) is 0 Å². The van der Waals surface area contributed by atoms with Gasteiger partial charge in [-0.3, -0.25) is 0 Å². The van der Waals surface area contributed by atoms with Gasteiger partial charge in [0.15, 0.2) is 0 Å². The fraction of sp³-hybridized carbons (Fsp3) is 0.714. The third-order valence-corrected chi connectivity index (χ3v) is 6.22. The molecule has 20 heavy (non-hydrogen) atoms. The normalized spacial score (nSPS) is 12.8. The van der Waals surface area contributed by atoms with Gasteiger partial charge in [0, 0.05) is 13.1 Å². The molecular formula is C14H26N2O2S2. The molecule has 0 aromatic carbocycles. The Hall–Kier alpha value is -0.430. The highest BCUT2D eigenvalue weighted by molar-refractivity contribution is 7.91. The molecule has 0 fully saturated rings. The minimum atomic E-state index is -3.40. The number of rotatable bonds is 9. The van der Waals surface area contributed by atoms with Crippen molar-refractivity contribution in [1.82, 2.24) is 4.72 Å². The molecule has 0 saturated heterocycles. The lowest BCUT2D eigenvalue weighted by molar-refractivity contribution is 0.320. The highest BCUT2D eigenvalue weighted by Crippen LogP contribution is 2.25. The van der Waals surface area contributed by atoms with Gasteiger partial charge >= 0.3 is 0 Å². The minimum absolute atomic E-state index is 0.0177. The Balaban J connectivity index is 2.58. The van der Waals surface area contributed by atoms with Gasteiger partial charge in [-0.15, -0.1) is 11.3 Å². The van der Waals surface area contributed by atoms with Crippen molar-refractivity contribution in [2.45, 2.75) is 57.2 Å². The molecule has 0 radical (unpaired) electrons. The van der Waals surface area contributed by atoms with Crippen molar-refractivity contribution in [2.24, 2.45) is 11.1 Å². The standard InChI is InChI=1S/C14H26N2O2S2/c1-4-5-6-7-14(2,3)11-16-20(17,18)13-8-12(9-15)10-19-13/h8,10,16H,4-7,9,11,15H2,1-3H3. The lowest BCUT2D eigenvalue weighted by atomic mass is 9.87. The van der Waals surface area contributed by atoms with Crippen LogP contribution in [0, 0.1) is 5.41 Å². The summed E-state index contributed by atoms with van der Waals surface area (Å²) in [4.78, 5) is 0. The average Bonchev–Trinajstić information content (AvgIpc) is 2.86. The second kappa shape index (κ2) is 7.54. The molecule has 1 heterocycles. The van der Waals surface area contributed by atoms with Crippen molar-refractivity contribution in [3.05, 3.63) is 17.0 Å². The van der Waals surface area contributed by atoms with E-state index >= 15 is 0 Å². The first-order valence-electron chi connectivity index (χ1n) is 7.08. The van der Waals surface area contributed by atoms with Gasteiger partial charge in [-0.25, -0.2) is 13.1 Å². The molecule has 0 aliphatic heterocycles. The van der Waals surface area contributed by atoms with E-state index in [-0.39, 0.29) is 5.41 Å². The van der Waals surface area contributed by atoms with Crippen LogP contribution in [-0.2, 0) is 16.6 Å². The molecule has 0 atom stereocenters. The molecule has 0 saturated carbocycles. The molecule has 4 nitrogen and oxygen atoms in total. The Kier molecular flexibility index (Phi) is 6.64. The monoisotopic (exact) mass is 318 g/mol. The molecule has 0 bridgehead atoms. The van der Waals surface area contributed by atoms with Crippen molar-refractivity contribution in [1.29, 1.82) is 0 Å². The average molecular weight is 319 g/mol. The SMILES string of the molecule is CCCCCC(C)(C)CNS(=O)(=O)c1cc(CN)cs1. The summed E-state index contributed by atoms with van der Waals surface area (Å²) in [6, 6.07) is 1.65. The Morgan fingerprint density at radius 2 is 2.05 bits per heavy atom. The van der Waals surface area contributed by atoms with E-state index in [2.05, 4.69) is 25.5 Å². The Morgan fingerprint density at radius 1 is 1.35 bits per heavy atom. The van der Waals surface area contributed by atoms with Gasteiger partial charge in [0.05, 0.1) is 0 Å². The second-order valence-electron chi connectivity index (χ2n) is 5.92. The van der Waals surface area contributed by atoms with Crippen molar-refractivity contribution in [3.8, 4) is 0 Å². The fourth-order valence-corrected chi connectivity index (χ4v) is 4.41. The molecule has 0 aliphatic rings. The van der Waals surface area contributed by atoms with E-state index in [9.17, 15) is 8.42 Å². The third-order valence-electron chi connectivity index (χ3n) is 3.33. The van der Waals surface area contributed by atoms with Gasteiger partial charge in [0.25, 0.3) is 0 Å². The number of unbranched alkanes of at least 4 members (excludes halogenated alkanes) is 2. The van der Waals surface area contributed by atoms with E-state index < -0.39 is 10.0 Å². The summed E-state index contributed by atoms with van der Waals surface area (Å²) in [7, 11) is -3.40. The maximum absolute atomic E-state index is 12.2.